The Balaban J connectivity index is 2.47. The quantitative estimate of drug-likeness (QED) is 0.705. The van der Waals surface area contributed by atoms with Gasteiger partial charge in [0, 0.05) is 5.54 Å². The van der Waals surface area contributed by atoms with Crippen LogP contribution >= 0.6 is 0 Å². The Morgan fingerprint density at radius 3 is 2.08 bits per heavy atom. The molecular weight excluding hydrogens is 162 g/mol. The number of likely N-dealkylation sites (N-methyl/N-ethyl adjacent to an activating group) is 1. The van der Waals surface area contributed by atoms with Gasteiger partial charge in [0.15, 0.2) is 0 Å². The molecule has 1 saturated carbocycles. The van der Waals surface area contributed by atoms with E-state index in [0.717, 1.165) is 19.4 Å². The first-order chi connectivity index (χ1) is 6.33. The van der Waals surface area contributed by atoms with Crippen LogP contribution in [-0.4, -0.2) is 23.8 Å². The normalized spacial score (nSPS) is 23.5. The standard InChI is InChI=1S/C11H23NO/c1-2-12-11(10-13)8-6-4-3-5-7-9-11/h12-13H,2-10H2,1H3. The molecule has 0 saturated heterocycles. The summed E-state index contributed by atoms with van der Waals surface area (Å²) < 4.78 is 0. The smallest absolute Gasteiger partial charge is 0.0613 e. The molecule has 13 heavy (non-hydrogen) atoms. The van der Waals surface area contributed by atoms with Gasteiger partial charge >= 0.3 is 0 Å². The summed E-state index contributed by atoms with van der Waals surface area (Å²) >= 11 is 0. The van der Waals surface area contributed by atoms with E-state index in [0.29, 0.717) is 6.61 Å². The molecule has 2 nitrogen and oxygen atoms in total. The van der Waals surface area contributed by atoms with Gasteiger partial charge in [0.1, 0.15) is 0 Å². The van der Waals surface area contributed by atoms with Gasteiger partial charge in [-0.3, -0.25) is 0 Å². The summed E-state index contributed by atoms with van der Waals surface area (Å²) in [6.45, 7) is 3.40. The summed E-state index contributed by atoms with van der Waals surface area (Å²) in [5, 5.41) is 12.9. The largest absolute Gasteiger partial charge is 0.394 e. The van der Waals surface area contributed by atoms with Crippen LogP contribution < -0.4 is 5.32 Å². The third kappa shape index (κ3) is 3.28. The second kappa shape index (κ2) is 5.61. The minimum atomic E-state index is 0.0508. The van der Waals surface area contributed by atoms with Gasteiger partial charge in [-0.25, -0.2) is 0 Å². The van der Waals surface area contributed by atoms with Crippen LogP contribution in [0, 0.1) is 0 Å². The van der Waals surface area contributed by atoms with Crippen LogP contribution in [-0.2, 0) is 0 Å². The highest BCUT2D eigenvalue weighted by molar-refractivity contribution is 4.87. The molecule has 0 spiro atoms. The second-order valence-electron chi connectivity index (χ2n) is 4.24. The van der Waals surface area contributed by atoms with Crippen LogP contribution in [0.2, 0.25) is 0 Å². The summed E-state index contributed by atoms with van der Waals surface area (Å²) in [5.41, 5.74) is 0.0508. The van der Waals surface area contributed by atoms with Crippen molar-refractivity contribution in [2.45, 2.75) is 57.4 Å². The molecule has 0 aliphatic heterocycles. The molecule has 0 aromatic heterocycles. The summed E-state index contributed by atoms with van der Waals surface area (Å²) in [7, 11) is 0. The zero-order valence-electron chi connectivity index (χ0n) is 8.81. The molecule has 0 aromatic carbocycles. The lowest BCUT2D eigenvalue weighted by atomic mass is 9.84. The number of hydrogen-bond donors (Lipinski definition) is 2. The lowest BCUT2D eigenvalue weighted by Crippen LogP contribution is -2.48. The summed E-state index contributed by atoms with van der Waals surface area (Å²) in [4.78, 5) is 0. The predicted molar refractivity (Wildman–Crippen MR) is 55.8 cm³/mol. The van der Waals surface area contributed by atoms with Crippen molar-refractivity contribution in [3.05, 3.63) is 0 Å². The van der Waals surface area contributed by atoms with Gasteiger partial charge in [-0.2, -0.15) is 0 Å². The maximum Gasteiger partial charge on any atom is 0.0613 e. The molecule has 0 amide bonds. The van der Waals surface area contributed by atoms with E-state index in [1.54, 1.807) is 0 Å². The van der Waals surface area contributed by atoms with Crippen LogP contribution in [0.4, 0.5) is 0 Å². The maximum atomic E-state index is 9.43. The van der Waals surface area contributed by atoms with Gasteiger partial charge in [-0.15, -0.1) is 0 Å². The Morgan fingerprint density at radius 2 is 1.62 bits per heavy atom. The van der Waals surface area contributed by atoms with Crippen LogP contribution in [0.1, 0.15) is 51.9 Å². The first kappa shape index (κ1) is 11.0. The van der Waals surface area contributed by atoms with Crippen molar-refractivity contribution in [2.24, 2.45) is 0 Å². The van der Waals surface area contributed by atoms with Gasteiger partial charge in [0.05, 0.1) is 6.61 Å². The summed E-state index contributed by atoms with van der Waals surface area (Å²) in [6, 6.07) is 0. The van der Waals surface area contributed by atoms with E-state index < -0.39 is 0 Å². The van der Waals surface area contributed by atoms with Crippen molar-refractivity contribution in [3.8, 4) is 0 Å². The first-order valence-corrected chi connectivity index (χ1v) is 5.69. The van der Waals surface area contributed by atoms with Crippen molar-refractivity contribution >= 4 is 0 Å². The molecule has 0 unspecified atom stereocenters. The molecule has 0 radical (unpaired) electrons. The highest BCUT2D eigenvalue weighted by Crippen LogP contribution is 2.25. The minimum Gasteiger partial charge on any atom is -0.394 e. The van der Waals surface area contributed by atoms with Crippen molar-refractivity contribution in [2.75, 3.05) is 13.2 Å². The van der Waals surface area contributed by atoms with E-state index in [4.69, 9.17) is 0 Å². The molecule has 2 heteroatoms. The summed E-state index contributed by atoms with van der Waals surface area (Å²) in [6.07, 6.45) is 8.91. The molecule has 0 atom stereocenters. The fourth-order valence-corrected chi connectivity index (χ4v) is 2.35. The minimum absolute atomic E-state index is 0.0508. The average molecular weight is 185 g/mol. The van der Waals surface area contributed by atoms with E-state index in [-0.39, 0.29) is 5.54 Å². The third-order valence-electron chi connectivity index (χ3n) is 3.17. The molecule has 0 bridgehead atoms. The van der Waals surface area contributed by atoms with Crippen molar-refractivity contribution in [3.63, 3.8) is 0 Å². The monoisotopic (exact) mass is 185 g/mol. The fraction of sp³-hybridized carbons (Fsp3) is 1.00. The van der Waals surface area contributed by atoms with Crippen molar-refractivity contribution in [1.29, 1.82) is 0 Å². The van der Waals surface area contributed by atoms with Gasteiger partial charge in [0.25, 0.3) is 0 Å². The molecule has 0 heterocycles. The van der Waals surface area contributed by atoms with E-state index in [1.807, 2.05) is 0 Å². The maximum absolute atomic E-state index is 9.43. The molecule has 1 fully saturated rings. The van der Waals surface area contributed by atoms with Crippen molar-refractivity contribution in [1.82, 2.24) is 5.32 Å². The molecule has 1 rings (SSSR count). The zero-order chi connectivity index (χ0) is 9.57. The second-order valence-corrected chi connectivity index (χ2v) is 4.24. The van der Waals surface area contributed by atoms with Gasteiger partial charge < -0.3 is 10.4 Å². The molecular formula is C11H23NO. The number of aliphatic hydroxyl groups excluding tert-OH is 1. The SMILES string of the molecule is CCNC1(CO)CCCCCCC1. The Morgan fingerprint density at radius 1 is 1.08 bits per heavy atom. The number of rotatable bonds is 3. The Kier molecular flexibility index (Phi) is 4.74. The zero-order valence-corrected chi connectivity index (χ0v) is 8.81. The fourth-order valence-electron chi connectivity index (χ4n) is 2.35. The highest BCUT2D eigenvalue weighted by Gasteiger charge is 2.27. The van der Waals surface area contributed by atoms with E-state index in [1.165, 1.54) is 32.1 Å². The van der Waals surface area contributed by atoms with Crippen LogP contribution in [0.5, 0.6) is 0 Å². The van der Waals surface area contributed by atoms with E-state index in [9.17, 15) is 5.11 Å². The van der Waals surface area contributed by atoms with Crippen LogP contribution in [0.25, 0.3) is 0 Å². The van der Waals surface area contributed by atoms with Gasteiger partial charge in [0.2, 0.25) is 0 Å². The molecule has 0 aromatic rings. The Labute approximate surface area is 81.7 Å². The average Bonchev–Trinajstić information content (AvgIpc) is 2.10. The lowest BCUT2D eigenvalue weighted by molar-refractivity contribution is 0.133. The molecule has 78 valence electrons. The number of hydrogen-bond acceptors (Lipinski definition) is 2. The highest BCUT2D eigenvalue weighted by atomic mass is 16.3. The molecule has 2 N–H and O–H groups in total. The predicted octanol–water partition coefficient (Wildman–Crippen LogP) is 2.07. The van der Waals surface area contributed by atoms with E-state index >= 15 is 0 Å². The Bertz CT molecular complexity index is 128. The molecule has 1 aliphatic carbocycles. The number of aliphatic hydroxyl groups is 1. The van der Waals surface area contributed by atoms with Crippen LogP contribution in [0.3, 0.4) is 0 Å². The number of nitrogens with one attached hydrogen (secondary N) is 1. The lowest BCUT2D eigenvalue weighted by Gasteiger charge is -2.34. The first-order valence-electron chi connectivity index (χ1n) is 5.69. The topological polar surface area (TPSA) is 32.3 Å². The van der Waals surface area contributed by atoms with Crippen LogP contribution in [0.15, 0.2) is 0 Å². The molecule has 1 aliphatic rings. The Hall–Kier alpha value is -0.0800. The third-order valence-corrected chi connectivity index (χ3v) is 3.17. The van der Waals surface area contributed by atoms with Gasteiger partial charge in [-0.1, -0.05) is 39.0 Å². The summed E-state index contributed by atoms with van der Waals surface area (Å²) in [5.74, 6) is 0. The van der Waals surface area contributed by atoms with Gasteiger partial charge in [-0.05, 0) is 19.4 Å². The van der Waals surface area contributed by atoms with Crippen molar-refractivity contribution < 1.29 is 5.11 Å². The van der Waals surface area contributed by atoms with E-state index in [2.05, 4.69) is 12.2 Å².